The molecule has 0 radical (unpaired) electrons. The second-order valence-electron chi connectivity index (χ2n) is 6.17. The Morgan fingerprint density at radius 2 is 1.36 bits per heavy atom. The molecule has 0 aliphatic heterocycles. The molecule has 0 heterocycles. The van der Waals surface area contributed by atoms with Gasteiger partial charge in [0.05, 0.1) is 0 Å². The van der Waals surface area contributed by atoms with E-state index in [0.29, 0.717) is 0 Å². The lowest BCUT2D eigenvalue weighted by Crippen LogP contribution is -2.21. The Labute approximate surface area is 89.5 Å². The maximum atomic E-state index is 2.51. The molecule has 14 heavy (non-hydrogen) atoms. The van der Waals surface area contributed by atoms with E-state index < -0.39 is 0 Å². The van der Waals surface area contributed by atoms with E-state index in [1.165, 1.54) is 25.7 Å². The first-order valence-electron chi connectivity index (χ1n) is 6.61. The van der Waals surface area contributed by atoms with E-state index in [0.717, 1.165) is 35.5 Å². The van der Waals surface area contributed by atoms with Gasteiger partial charge in [0.15, 0.2) is 0 Å². The highest BCUT2D eigenvalue weighted by Gasteiger charge is 2.42. The average molecular weight is 194 g/mol. The fourth-order valence-electron chi connectivity index (χ4n) is 4.07. The van der Waals surface area contributed by atoms with Crippen molar-refractivity contribution in [3.63, 3.8) is 0 Å². The van der Waals surface area contributed by atoms with Crippen molar-refractivity contribution in [2.24, 2.45) is 35.5 Å². The monoisotopic (exact) mass is 194 g/mol. The van der Waals surface area contributed by atoms with E-state index in [1.54, 1.807) is 0 Å². The minimum atomic E-state index is 0.975. The van der Waals surface area contributed by atoms with Gasteiger partial charge in [0.1, 0.15) is 0 Å². The molecule has 2 rings (SSSR count). The van der Waals surface area contributed by atoms with Gasteiger partial charge in [-0.1, -0.05) is 40.5 Å². The molecule has 0 aromatic rings. The standard InChI is InChI=1S/C14H26/c1-9-6-5-7-13-12(4)10(2)8-14(13)11(9)3/h9-14H,5-8H2,1-4H3. The minimum Gasteiger partial charge on any atom is -0.0622 e. The molecule has 0 N–H and O–H groups in total. The Morgan fingerprint density at radius 3 is 2.07 bits per heavy atom. The SMILES string of the molecule is CC1CC2C(C)C(C)CCCC2C1C. The van der Waals surface area contributed by atoms with Gasteiger partial charge in [-0.25, -0.2) is 0 Å². The molecule has 6 unspecified atom stereocenters. The van der Waals surface area contributed by atoms with Gasteiger partial charge in [0.2, 0.25) is 0 Å². The molecule has 2 aliphatic carbocycles. The highest BCUT2D eigenvalue weighted by atomic mass is 14.5. The summed E-state index contributed by atoms with van der Waals surface area (Å²) in [6, 6.07) is 0. The number of hydrogen-bond donors (Lipinski definition) is 0. The van der Waals surface area contributed by atoms with Crippen molar-refractivity contribution in [1.82, 2.24) is 0 Å². The van der Waals surface area contributed by atoms with Gasteiger partial charge in [-0.05, 0) is 48.3 Å². The first kappa shape index (κ1) is 10.5. The van der Waals surface area contributed by atoms with Crippen LogP contribution in [0.2, 0.25) is 0 Å². The van der Waals surface area contributed by atoms with E-state index in [-0.39, 0.29) is 0 Å². The molecule has 0 heteroatoms. The molecule has 82 valence electrons. The van der Waals surface area contributed by atoms with Crippen LogP contribution in [0.1, 0.15) is 53.4 Å². The third-order valence-electron chi connectivity index (χ3n) is 5.54. The molecular formula is C14H26. The predicted octanol–water partition coefficient (Wildman–Crippen LogP) is 4.35. The zero-order valence-electron chi connectivity index (χ0n) is 10.3. The summed E-state index contributed by atoms with van der Waals surface area (Å²) in [4.78, 5) is 0. The van der Waals surface area contributed by atoms with E-state index in [4.69, 9.17) is 0 Å². The normalized spacial score (nSPS) is 54.0. The van der Waals surface area contributed by atoms with Crippen LogP contribution in [0, 0.1) is 35.5 Å². The van der Waals surface area contributed by atoms with Crippen molar-refractivity contribution in [3.8, 4) is 0 Å². The number of fused-ring (bicyclic) bond motifs is 1. The fourth-order valence-corrected chi connectivity index (χ4v) is 4.07. The summed E-state index contributed by atoms with van der Waals surface area (Å²) in [7, 11) is 0. The lowest BCUT2D eigenvalue weighted by Gasteiger charge is -2.27. The summed E-state index contributed by atoms with van der Waals surface area (Å²) in [5, 5.41) is 0. The molecule has 0 nitrogen and oxygen atoms in total. The topological polar surface area (TPSA) is 0 Å². The van der Waals surface area contributed by atoms with Crippen LogP contribution in [0.3, 0.4) is 0 Å². The molecule has 0 saturated heterocycles. The van der Waals surface area contributed by atoms with Gasteiger partial charge in [-0.2, -0.15) is 0 Å². The Morgan fingerprint density at radius 1 is 0.714 bits per heavy atom. The zero-order chi connectivity index (χ0) is 10.3. The lowest BCUT2D eigenvalue weighted by molar-refractivity contribution is 0.214. The highest BCUT2D eigenvalue weighted by molar-refractivity contribution is 4.92. The summed E-state index contributed by atoms with van der Waals surface area (Å²) >= 11 is 0. The van der Waals surface area contributed by atoms with Crippen LogP contribution in [-0.2, 0) is 0 Å². The van der Waals surface area contributed by atoms with Gasteiger partial charge in [-0.15, -0.1) is 0 Å². The van der Waals surface area contributed by atoms with Gasteiger partial charge < -0.3 is 0 Å². The second kappa shape index (κ2) is 3.87. The molecular weight excluding hydrogens is 168 g/mol. The van der Waals surface area contributed by atoms with Gasteiger partial charge in [0.25, 0.3) is 0 Å². The zero-order valence-corrected chi connectivity index (χ0v) is 10.3. The maximum Gasteiger partial charge on any atom is -0.0352 e. The van der Waals surface area contributed by atoms with Crippen LogP contribution in [0.5, 0.6) is 0 Å². The number of hydrogen-bond acceptors (Lipinski definition) is 0. The molecule has 2 fully saturated rings. The van der Waals surface area contributed by atoms with Crippen LogP contribution in [0.25, 0.3) is 0 Å². The molecule has 2 saturated carbocycles. The molecule has 0 aromatic heterocycles. The van der Waals surface area contributed by atoms with Crippen molar-refractivity contribution < 1.29 is 0 Å². The third-order valence-corrected chi connectivity index (χ3v) is 5.54. The summed E-state index contributed by atoms with van der Waals surface area (Å²) in [6.07, 6.45) is 6.00. The van der Waals surface area contributed by atoms with Crippen LogP contribution >= 0.6 is 0 Å². The smallest absolute Gasteiger partial charge is 0.0352 e. The second-order valence-corrected chi connectivity index (χ2v) is 6.17. The molecule has 2 aliphatic rings. The highest BCUT2D eigenvalue weighted by Crippen LogP contribution is 2.51. The summed E-state index contributed by atoms with van der Waals surface area (Å²) in [5.74, 6) is 6.05. The van der Waals surface area contributed by atoms with E-state index in [9.17, 15) is 0 Å². The van der Waals surface area contributed by atoms with Crippen molar-refractivity contribution in [2.75, 3.05) is 0 Å². The van der Waals surface area contributed by atoms with Crippen molar-refractivity contribution in [3.05, 3.63) is 0 Å². The predicted molar refractivity (Wildman–Crippen MR) is 62.1 cm³/mol. The Bertz CT molecular complexity index is 196. The maximum absolute atomic E-state index is 2.51. The largest absolute Gasteiger partial charge is 0.0622 e. The average Bonchev–Trinajstić information content (AvgIpc) is 2.35. The van der Waals surface area contributed by atoms with Crippen molar-refractivity contribution in [1.29, 1.82) is 0 Å². The van der Waals surface area contributed by atoms with Crippen LogP contribution in [0.4, 0.5) is 0 Å². The molecule has 0 spiro atoms. The third kappa shape index (κ3) is 1.61. The number of rotatable bonds is 0. The molecule has 0 aromatic carbocycles. The fraction of sp³-hybridized carbons (Fsp3) is 1.00. The van der Waals surface area contributed by atoms with Crippen LogP contribution in [-0.4, -0.2) is 0 Å². The first-order chi connectivity index (χ1) is 6.61. The van der Waals surface area contributed by atoms with E-state index in [1.807, 2.05) is 0 Å². The van der Waals surface area contributed by atoms with Crippen molar-refractivity contribution >= 4 is 0 Å². The quantitative estimate of drug-likeness (QED) is 0.538. The van der Waals surface area contributed by atoms with Gasteiger partial charge in [-0.3, -0.25) is 0 Å². The lowest BCUT2D eigenvalue weighted by atomic mass is 9.78. The minimum absolute atomic E-state index is 0.975. The molecule has 0 amide bonds. The molecule has 0 bridgehead atoms. The van der Waals surface area contributed by atoms with Gasteiger partial charge in [0, 0.05) is 0 Å². The first-order valence-corrected chi connectivity index (χ1v) is 6.61. The van der Waals surface area contributed by atoms with Gasteiger partial charge >= 0.3 is 0 Å². The Hall–Kier alpha value is 0. The Kier molecular flexibility index (Phi) is 2.91. The van der Waals surface area contributed by atoms with Crippen molar-refractivity contribution in [2.45, 2.75) is 53.4 Å². The van der Waals surface area contributed by atoms with E-state index >= 15 is 0 Å². The summed E-state index contributed by atoms with van der Waals surface area (Å²) in [5.41, 5.74) is 0. The Balaban J connectivity index is 2.15. The van der Waals surface area contributed by atoms with Crippen LogP contribution < -0.4 is 0 Å². The molecule has 6 atom stereocenters. The summed E-state index contributed by atoms with van der Waals surface area (Å²) < 4.78 is 0. The summed E-state index contributed by atoms with van der Waals surface area (Å²) in [6.45, 7) is 9.95. The van der Waals surface area contributed by atoms with Crippen LogP contribution in [0.15, 0.2) is 0 Å². The van der Waals surface area contributed by atoms with E-state index in [2.05, 4.69) is 27.7 Å².